The highest BCUT2D eigenvalue weighted by atomic mass is 19.1. The van der Waals surface area contributed by atoms with Crippen molar-refractivity contribution in [3.63, 3.8) is 0 Å². The molecule has 0 saturated heterocycles. The van der Waals surface area contributed by atoms with E-state index in [1.165, 1.54) is 12.1 Å². The van der Waals surface area contributed by atoms with Crippen molar-refractivity contribution in [1.82, 2.24) is 14.9 Å². The lowest BCUT2D eigenvalue weighted by Gasteiger charge is -2.19. The molecule has 27 heavy (non-hydrogen) atoms. The van der Waals surface area contributed by atoms with Crippen LogP contribution in [-0.4, -0.2) is 29.2 Å². The van der Waals surface area contributed by atoms with Crippen LogP contribution < -0.4 is 14.8 Å². The quantitative estimate of drug-likeness (QED) is 0.696. The number of nitrogens with zero attached hydrogens (tertiary/aromatic N) is 2. The topological polar surface area (TPSA) is 65.4 Å². The molecule has 1 unspecified atom stereocenters. The summed E-state index contributed by atoms with van der Waals surface area (Å²) in [4.78, 5) is 16.7. The van der Waals surface area contributed by atoms with Gasteiger partial charge in [0, 0.05) is 19.4 Å². The highest BCUT2D eigenvalue weighted by Crippen LogP contribution is 2.21. The van der Waals surface area contributed by atoms with E-state index in [9.17, 15) is 9.18 Å². The van der Waals surface area contributed by atoms with E-state index in [0.717, 1.165) is 0 Å². The van der Waals surface area contributed by atoms with E-state index in [1.807, 2.05) is 7.05 Å². The van der Waals surface area contributed by atoms with Crippen molar-refractivity contribution in [2.75, 3.05) is 13.7 Å². The van der Waals surface area contributed by atoms with Crippen LogP contribution in [0.5, 0.6) is 11.5 Å². The Balaban J connectivity index is 1.71. The largest absolute Gasteiger partial charge is 0.497 e. The average molecular weight is 369 g/mol. The van der Waals surface area contributed by atoms with Gasteiger partial charge in [-0.15, -0.1) is 0 Å². The number of imidazole rings is 1. The number of halogens is 1. The van der Waals surface area contributed by atoms with Gasteiger partial charge in [-0.3, -0.25) is 4.79 Å². The summed E-state index contributed by atoms with van der Waals surface area (Å²) >= 11 is 0. The predicted molar refractivity (Wildman–Crippen MR) is 98.1 cm³/mol. The molecule has 0 aliphatic carbocycles. The van der Waals surface area contributed by atoms with Crippen molar-refractivity contribution in [2.24, 2.45) is 7.05 Å². The number of carbonyl (C=O) groups excluding carboxylic acids is 1. The van der Waals surface area contributed by atoms with Gasteiger partial charge in [-0.05, 0) is 42.0 Å². The Hall–Kier alpha value is -3.35. The summed E-state index contributed by atoms with van der Waals surface area (Å²) in [6.45, 7) is -0.178. The molecule has 1 N–H and O–H groups in total. The van der Waals surface area contributed by atoms with E-state index in [2.05, 4.69) is 10.3 Å². The van der Waals surface area contributed by atoms with Gasteiger partial charge in [-0.2, -0.15) is 0 Å². The van der Waals surface area contributed by atoms with Gasteiger partial charge in [-0.25, -0.2) is 9.37 Å². The minimum absolute atomic E-state index is 0.178. The van der Waals surface area contributed by atoms with Crippen LogP contribution in [0.3, 0.4) is 0 Å². The maximum atomic E-state index is 13.7. The molecule has 7 heteroatoms. The summed E-state index contributed by atoms with van der Waals surface area (Å²) in [6, 6.07) is 12.4. The fourth-order valence-electron chi connectivity index (χ4n) is 2.66. The molecule has 0 spiro atoms. The summed E-state index contributed by atoms with van der Waals surface area (Å²) in [6.07, 6.45) is 3.39. The third-order valence-corrected chi connectivity index (χ3v) is 4.03. The smallest absolute Gasteiger partial charge is 0.258 e. The Morgan fingerprint density at radius 1 is 1.22 bits per heavy atom. The molecule has 0 radical (unpaired) electrons. The number of hydrogen-bond acceptors (Lipinski definition) is 4. The molecular formula is C20H20FN3O3. The molecule has 6 nitrogen and oxygen atoms in total. The van der Waals surface area contributed by atoms with Crippen LogP contribution in [0.25, 0.3) is 0 Å². The first-order valence-corrected chi connectivity index (χ1v) is 8.35. The van der Waals surface area contributed by atoms with E-state index in [0.29, 0.717) is 22.9 Å². The molecular weight excluding hydrogens is 349 g/mol. The SMILES string of the molecule is COc1ccc(OCC(=O)NC(c2cccc(F)c2)c2nccn2C)cc1. The van der Waals surface area contributed by atoms with E-state index in [1.54, 1.807) is 60.5 Å². The van der Waals surface area contributed by atoms with Crippen molar-refractivity contribution in [3.05, 3.63) is 78.1 Å². The number of nitrogens with one attached hydrogen (secondary N) is 1. The first kappa shape index (κ1) is 18.4. The van der Waals surface area contributed by atoms with Crippen molar-refractivity contribution < 1.29 is 18.7 Å². The number of rotatable bonds is 7. The zero-order valence-corrected chi connectivity index (χ0v) is 15.1. The van der Waals surface area contributed by atoms with Gasteiger partial charge in [-0.1, -0.05) is 12.1 Å². The van der Waals surface area contributed by atoms with Crippen molar-refractivity contribution >= 4 is 5.91 Å². The molecule has 0 saturated carbocycles. The lowest BCUT2D eigenvalue weighted by atomic mass is 10.1. The molecule has 1 aromatic heterocycles. The number of hydrogen-bond donors (Lipinski definition) is 1. The Kier molecular flexibility index (Phi) is 5.71. The van der Waals surface area contributed by atoms with Gasteiger partial charge < -0.3 is 19.4 Å². The number of aromatic nitrogens is 2. The van der Waals surface area contributed by atoms with Crippen LogP contribution in [0.4, 0.5) is 4.39 Å². The molecule has 0 aliphatic rings. The zero-order valence-electron chi connectivity index (χ0n) is 15.1. The van der Waals surface area contributed by atoms with E-state index < -0.39 is 6.04 Å². The fourth-order valence-corrected chi connectivity index (χ4v) is 2.66. The number of methoxy groups -OCH3 is 1. The zero-order chi connectivity index (χ0) is 19.2. The van der Waals surface area contributed by atoms with Crippen LogP contribution in [0.15, 0.2) is 60.9 Å². The fraction of sp³-hybridized carbons (Fsp3) is 0.200. The van der Waals surface area contributed by atoms with E-state index in [4.69, 9.17) is 9.47 Å². The molecule has 1 amide bonds. The second kappa shape index (κ2) is 8.35. The molecule has 0 fully saturated rings. The van der Waals surface area contributed by atoms with Gasteiger partial charge in [0.15, 0.2) is 6.61 Å². The number of carbonyl (C=O) groups is 1. The third-order valence-electron chi connectivity index (χ3n) is 4.03. The Morgan fingerprint density at radius 2 is 1.96 bits per heavy atom. The Morgan fingerprint density at radius 3 is 2.59 bits per heavy atom. The Bertz CT molecular complexity index is 909. The first-order chi connectivity index (χ1) is 13.1. The summed E-state index contributed by atoms with van der Waals surface area (Å²) in [5.41, 5.74) is 0.599. The van der Waals surface area contributed by atoms with Gasteiger partial charge in [0.1, 0.15) is 29.2 Å². The minimum atomic E-state index is -0.590. The molecule has 0 aliphatic heterocycles. The highest BCUT2D eigenvalue weighted by Gasteiger charge is 2.21. The first-order valence-electron chi connectivity index (χ1n) is 8.35. The number of benzene rings is 2. The maximum absolute atomic E-state index is 13.7. The molecule has 1 atom stereocenters. The van der Waals surface area contributed by atoms with Crippen LogP contribution in [0.2, 0.25) is 0 Å². The van der Waals surface area contributed by atoms with Crippen LogP contribution in [-0.2, 0) is 11.8 Å². The van der Waals surface area contributed by atoms with Gasteiger partial charge in [0.25, 0.3) is 5.91 Å². The second-order valence-corrected chi connectivity index (χ2v) is 5.92. The van der Waals surface area contributed by atoms with Crippen molar-refractivity contribution in [1.29, 1.82) is 0 Å². The number of amides is 1. The molecule has 1 heterocycles. The van der Waals surface area contributed by atoms with E-state index in [-0.39, 0.29) is 18.3 Å². The predicted octanol–water partition coefficient (Wildman–Crippen LogP) is 2.85. The summed E-state index contributed by atoms with van der Waals surface area (Å²) in [5.74, 6) is 1.12. The summed E-state index contributed by atoms with van der Waals surface area (Å²) in [5, 5.41) is 2.86. The lowest BCUT2D eigenvalue weighted by molar-refractivity contribution is -0.123. The molecule has 3 rings (SSSR count). The number of aryl methyl sites for hydroxylation is 1. The molecule has 3 aromatic rings. The van der Waals surface area contributed by atoms with Crippen molar-refractivity contribution in [3.8, 4) is 11.5 Å². The van der Waals surface area contributed by atoms with Crippen LogP contribution in [0, 0.1) is 5.82 Å². The number of ether oxygens (including phenoxy) is 2. The minimum Gasteiger partial charge on any atom is -0.497 e. The van der Waals surface area contributed by atoms with Crippen LogP contribution in [0.1, 0.15) is 17.4 Å². The lowest BCUT2D eigenvalue weighted by Crippen LogP contribution is -2.34. The maximum Gasteiger partial charge on any atom is 0.258 e. The van der Waals surface area contributed by atoms with Crippen molar-refractivity contribution in [2.45, 2.75) is 6.04 Å². The normalized spacial score (nSPS) is 11.7. The monoisotopic (exact) mass is 369 g/mol. The molecule has 0 bridgehead atoms. The van der Waals surface area contributed by atoms with Gasteiger partial charge in [0.05, 0.1) is 7.11 Å². The summed E-state index contributed by atoms with van der Waals surface area (Å²) < 4.78 is 26.0. The third kappa shape index (κ3) is 4.63. The van der Waals surface area contributed by atoms with Crippen LogP contribution >= 0.6 is 0 Å². The molecule has 140 valence electrons. The van der Waals surface area contributed by atoms with Gasteiger partial charge >= 0.3 is 0 Å². The molecule has 2 aromatic carbocycles. The van der Waals surface area contributed by atoms with Gasteiger partial charge in [0.2, 0.25) is 0 Å². The average Bonchev–Trinajstić information content (AvgIpc) is 3.10. The Labute approximate surface area is 156 Å². The van der Waals surface area contributed by atoms with E-state index >= 15 is 0 Å². The second-order valence-electron chi connectivity index (χ2n) is 5.92. The highest BCUT2D eigenvalue weighted by molar-refractivity contribution is 5.78. The standard InChI is InChI=1S/C20H20FN3O3/c1-24-11-10-22-20(24)19(14-4-3-5-15(21)12-14)23-18(25)13-27-17-8-6-16(26-2)7-9-17/h3-12,19H,13H2,1-2H3,(H,23,25). The summed E-state index contributed by atoms with van der Waals surface area (Å²) in [7, 11) is 3.39.